The molecule has 0 N–H and O–H groups in total. The number of nitro benzene ring substituents is 1. The molecule has 136 valence electrons. The smallest absolute Gasteiger partial charge is 0.408 e. The van der Waals surface area contributed by atoms with Gasteiger partial charge >= 0.3 is 6.09 Å². The lowest BCUT2D eigenvalue weighted by Gasteiger charge is -2.34. The van der Waals surface area contributed by atoms with E-state index in [0.29, 0.717) is 6.54 Å². The number of nitro groups is 1. The zero-order chi connectivity index (χ0) is 19.0. The van der Waals surface area contributed by atoms with Crippen molar-refractivity contribution in [3.05, 3.63) is 33.9 Å². The van der Waals surface area contributed by atoms with E-state index in [-0.39, 0.29) is 17.0 Å². The van der Waals surface area contributed by atoms with Crippen molar-refractivity contribution in [3.63, 3.8) is 0 Å². The third-order valence-corrected chi connectivity index (χ3v) is 3.78. The van der Waals surface area contributed by atoms with Gasteiger partial charge in [0.15, 0.2) is 11.3 Å². The quantitative estimate of drug-likeness (QED) is 0.406. The van der Waals surface area contributed by atoms with Crippen molar-refractivity contribution < 1.29 is 14.5 Å². The number of ether oxygens (including phenoxy) is 1. The molecule has 25 heavy (non-hydrogen) atoms. The van der Waals surface area contributed by atoms with E-state index in [1.165, 1.54) is 18.2 Å². The summed E-state index contributed by atoms with van der Waals surface area (Å²) in [5, 5.41) is 20.2. The third kappa shape index (κ3) is 5.75. The van der Waals surface area contributed by atoms with E-state index in [0.717, 1.165) is 25.7 Å². The summed E-state index contributed by atoms with van der Waals surface area (Å²) in [7, 11) is 0. The molecule has 1 aromatic rings. The molecule has 0 unspecified atom stereocenters. The molecule has 0 bridgehead atoms. The van der Waals surface area contributed by atoms with E-state index in [4.69, 9.17) is 4.74 Å². The average Bonchev–Trinajstić information content (AvgIpc) is 2.53. The highest BCUT2D eigenvalue weighted by atomic mass is 16.6. The molecule has 0 fully saturated rings. The molecule has 1 amide bonds. The van der Waals surface area contributed by atoms with Crippen LogP contribution in [0.5, 0.6) is 5.75 Å². The van der Waals surface area contributed by atoms with Gasteiger partial charge in [-0.3, -0.25) is 10.1 Å². The Kier molecular flexibility index (Phi) is 7.37. The van der Waals surface area contributed by atoms with Gasteiger partial charge in [0.05, 0.1) is 4.92 Å². The number of nitrogens with zero attached hydrogens (tertiary/aromatic N) is 3. The number of benzene rings is 1. The van der Waals surface area contributed by atoms with Crippen LogP contribution in [0.4, 0.5) is 10.5 Å². The molecule has 0 radical (unpaired) electrons. The SMILES string of the molecule is CCCCCCN(C(=O)Oc1cccc([N+](=O)[O-])c1C#N)C(C)(C)C. The summed E-state index contributed by atoms with van der Waals surface area (Å²) < 4.78 is 5.33. The fraction of sp³-hybridized carbons (Fsp3) is 0.556. The fourth-order valence-corrected chi connectivity index (χ4v) is 2.42. The summed E-state index contributed by atoms with van der Waals surface area (Å²) in [6.45, 7) is 8.33. The van der Waals surface area contributed by atoms with E-state index in [1.807, 2.05) is 20.8 Å². The molecule has 0 spiro atoms. The van der Waals surface area contributed by atoms with Gasteiger partial charge in [-0.1, -0.05) is 32.3 Å². The van der Waals surface area contributed by atoms with E-state index >= 15 is 0 Å². The van der Waals surface area contributed by atoms with Gasteiger partial charge in [-0.05, 0) is 33.3 Å². The molecule has 1 aromatic carbocycles. The van der Waals surface area contributed by atoms with Crippen LogP contribution in [0.15, 0.2) is 18.2 Å². The van der Waals surface area contributed by atoms with Crippen LogP contribution < -0.4 is 4.74 Å². The zero-order valence-electron chi connectivity index (χ0n) is 15.2. The summed E-state index contributed by atoms with van der Waals surface area (Å²) in [4.78, 5) is 24.5. The number of rotatable bonds is 7. The first-order valence-corrected chi connectivity index (χ1v) is 8.39. The van der Waals surface area contributed by atoms with Crippen molar-refractivity contribution in [3.8, 4) is 11.8 Å². The molecule has 0 aliphatic rings. The van der Waals surface area contributed by atoms with Crippen molar-refractivity contribution in [1.29, 1.82) is 5.26 Å². The van der Waals surface area contributed by atoms with Crippen LogP contribution in [0.1, 0.15) is 58.9 Å². The summed E-state index contributed by atoms with van der Waals surface area (Å²) in [5.41, 5.74) is -1.09. The molecule has 0 aliphatic heterocycles. The summed E-state index contributed by atoms with van der Waals surface area (Å²) in [6, 6.07) is 5.74. The first-order valence-electron chi connectivity index (χ1n) is 8.39. The van der Waals surface area contributed by atoms with Gasteiger partial charge in [0.2, 0.25) is 0 Å². The second-order valence-electron chi connectivity index (χ2n) is 6.77. The lowest BCUT2D eigenvalue weighted by Crippen LogP contribution is -2.47. The number of unbranched alkanes of at least 4 members (excludes halogenated alkanes) is 3. The minimum absolute atomic E-state index is 0.0930. The Morgan fingerprint density at radius 1 is 1.32 bits per heavy atom. The Balaban J connectivity index is 2.99. The van der Waals surface area contributed by atoms with Crippen molar-refractivity contribution >= 4 is 11.8 Å². The minimum Gasteiger partial charge on any atom is -0.408 e. The number of carbonyl (C=O) groups is 1. The van der Waals surface area contributed by atoms with Crippen molar-refractivity contribution in [2.24, 2.45) is 0 Å². The number of nitriles is 1. The molecule has 7 nitrogen and oxygen atoms in total. The average molecular weight is 347 g/mol. The Morgan fingerprint density at radius 2 is 2.00 bits per heavy atom. The highest BCUT2D eigenvalue weighted by Gasteiger charge is 2.29. The van der Waals surface area contributed by atoms with Crippen molar-refractivity contribution in [2.45, 2.75) is 58.9 Å². The van der Waals surface area contributed by atoms with Crippen LogP contribution in [0.3, 0.4) is 0 Å². The van der Waals surface area contributed by atoms with Crippen LogP contribution in [-0.2, 0) is 0 Å². The van der Waals surface area contributed by atoms with Gasteiger partial charge in [-0.2, -0.15) is 5.26 Å². The standard InChI is InChI=1S/C18H25N3O4/c1-5-6-7-8-12-20(18(2,3)4)17(22)25-16-11-9-10-15(21(23)24)14(16)13-19/h9-11H,5-8,12H2,1-4H3. The number of amides is 1. The van der Waals surface area contributed by atoms with E-state index < -0.39 is 16.6 Å². The predicted molar refractivity (Wildman–Crippen MR) is 94.4 cm³/mol. The van der Waals surface area contributed by atoms with Gasteiger partial charge in [0, 0.05) is 18.2 Å². The van der Waals surface area contributed by atoms with Gasteiger partial charge in [-0.25, -0.2) is 4.79 Å². The molecule has 0 aliphatic carbocycles. The fourth-order valence-electron chi connectivity index (χ4n) is 2.42. The lowest BCUT2D eigenvalue weighted by molar-refractivity contribution is -0.385. The van der Waals surface area contributed by atoms with E-state index in [9.17, 15) is 20.2 Å². The molecule has 7 heteroatoms. The number of carbonyl (C=O) groups excluding carboxylic acids is 1. The maximum Gasteiger partial charge on any atom is 0.415 e. The first kappa shape index (κ1) is 20.4. The van der Waals surface area contributed by atoms with Crippen LogP contribution in [0.2, 0.25) is 0 Å². The van der Waals surface area contributed by atoms with Gasteiger partial charge < -0.3 is 9.64 Å². The molecule has 1 rings (SSSR count). The zero-order valence-corrected chi connectivity index (χ0v) is 15.2. The second-order valence-corrected chi connectivity index (χ2v) is 6.77. The Labute approximate surface area is 148 Å². The summed E-state index contributed by atoms with van der Waals surface area (Å²) in [5.74, 6) is -0.0930. The molecule has 0 heterocycles. The monoisotopic (exact) mass is 347 g/mol. The maximum absolute atomic E-state index is 12.6. The maximum atomic E-state index is 12.6. The van der Waals surface area contributed by atoms with Crippen LogP contribution in [0, 0.1) is 21.4 Å². The van der Waals surface area contributed by atoms with Crippen LogP contribution in [-0.4, -0.2) is 28.0 Å². The highest BCUT2D eigenvalue weighted by Crippen LogP contribution is 2.28. The lowest BCUT2D eigenvalue weighted by atomic mass is 10.1. The van der Waals surface area contributed by atoms with Crippen LogP contribution in [0.25, 0.3) is 0 Å². The molecule has 0 atom stereocenters. The molecule has 0 saturated heterocycles. The minimum atomic E-state index is -0.665. The summed E-state index contributed by atoms with van der Waals surface area (Å²) >= 11 is 0. The number of hydrogen-bond donors (Lipinski definition) is 0. The van der Waals surface area contributed by atoms with Crippen LogP contribution >= 0.6 is 0 Å². The topological polar surface area (TPSA) is 96.5 Å². The van der Waals surface area contributed by atoms with E-state index in [1.54, 1.807) is 11.0 Å². The Bertz CT molecular complexity index is 659. The first-order chi connectivity index (χ1) is 11.7. The predicted octanol–water partition coefficient (Wildman–Crippen LogP) is 4.65. The number of hydrogen-bond acceptors (Lipinski definition) is 5. The highest BCUT2D eigenvalue weighted by molar-refractivity contribution is 5.73. The Hall–Kier alpha value is -2.62. The largest absolute Gasteiger partial charge is 0.415 e. The Morgan fingerprint density at radius 3 is 2.52 bits per heavy atom. The van der Waals surface area contributed by atoms with Crippen molar-refractivity contribution in [1.82, 2.24) is 4.90 Å². The normalized spacial score (nSPS) is 10.8. The third-order valence-electron chi connectivity index (χ3n) is 3.78. The molecule has 0 saturated carbocycles. The molecule has 0 aromatic heterocycles. The summed E-state index contributed by atoms with van der Waals surface area (Å²) in [6.07, 6.45) is 3.44. The van der Waals surface area contributed by atoms with Gasteiger partial charge in [0.25, 0.3) is 5.69 Å². The second kappa shape index (κ2) is 9.02. The van der Waals surface area contributed by atoms with Gasteiger partial charge in [-0.15, -0.1) is 0 Å². The van der Waals surface area contributed by atoms with Gasteiger partial charge in [0.1, 0.15) is 6.07 Å². The van der Waals surface area contributed by atoms with E-state index in [2.05, 4.69) is 6.92 Å². The molecular weight excluding hydrogens is 322 g/mol. The van der Waals surface area contributed by atoms with Crippen molar-refractivity contribution in [2.75, 3.05) is 6.54 Å². The molecular formula is C18H25N3O4.